The minimum atomic E-state index is -0.249. The van der Waals surface area contributed by atoms with Gasteiger partial charge in [-0.25, -0.2) is 4.98 Å². The molecule has 3 heterocycles. The van der Waals surface area contributed by atoms with Gasteiger partial charge >= 0.3 is 0 Å². The van der Waals surface area contributed by atoms with Gasteiger partial charge in [0.25, 0.3) is 0 Å². The highest BCUT2D eigenvalue weighted by Gasteiger charge is 2.44. The first kappa shape index (κ1) is 34.3. The van der Waals surface area contributed by atoms with Crippen LogP contribution >= 0.6 is 11.6 Å². The van der Waals surface area contributed by atoms with Crippen LogP contribution in [0.4, 0.5) is 11.4 Å². The molecule has 10 heteroatoms. The Bertz CT molecular complexity index is 1440. The molecule has 1 aromatic heterocycles. The fourth-order valence-electron chi connectivity index (χ4n) is 9.03. The van der Waals surface area contributed by atoms with E-state index in [-0.39, 0.29) is 17.4 Å². The van der Waals surface area contributed by atoms with E-state index in [9.17, 15) is 4.79 Å². The highest BCUT2D eigenvalue weighted by Crippen LogP contribution is 2.47. The number of aromatic nitrogens is 3. The molecule has 1 amide bonds. The maximum atomic E-state index is 14.4. The Labute approximate surface area is 297 Å². The standard InChI is InChI=1S/C39H54ClN7O2/c40-32-8-6-30(7-9-32)26-37(38(48)46-20-18-39(19-21-46,27-47-29-41-28-42-47)31-4-2-1-3-5-31)44-35-12-10-33(11-13-35)43-34-14-16-36(17-15-34)45-22-24-49-25-23-45/h6-9,14-17,28-29,31,33,35,37,43-44H,1-5,10-13,18-27H2/t33?,35?,37-/m1/s1. The highest BCUT2D eigenvalue weighted by molar-refractivity contribution is 6.30. The number of anilines is 2. The van der Waals surface area contributed by atoms with Gasteiger partial charge in [0, 0.05) is 61.2 Å². The summed E-state index contributed by atoms with van der Waals surface area (Å²) in [5.41, 5.74) is 3.77. The van der Waals surface area contributed by atoms with Crippen LogP contribution in [-0.4, -0.2) is 83.1 Å². The Balaban J connectivity index is 0.967. The van der Waals surface area contributed by atoms with E-state index in [1.54, 1.807) is 6.33 Å². The molecule has 2 aromatic carbocycles. The van der Waals surface area contributed by atoms with Crippen molar-refractivity contribution in [2.24, 2.45) is 11.3 Å². The van der Waals surface area contributed by atoms with Crippen LogP contribution in [0.3, 0.4) is 0 Å². The topological polar surface area (TPSA) is 87.6 Å². The van der Waals surface area contributed by atoms with Crippen LogP contribution in [0, 0.1) is 11.3 Å². The fourth-order valence-corrected chi connectivity index (χ4v) is 9.15. The number of halogens is 1. The van der Waals surface area contributed by atoms with Gasteiger partial charge in [0.1, 0.15) is 12.7 Å². The van der Waals surface area contributed by atoms with E-state index < -0.39 is 0 Å². The summed E-state index contributed by atoms with van der Waals surface area (Å²) >= 11 is 6.23. The fraction of sp³-hybridized carbons (Fsp3) is 0.615. The SMILES string of the molecule is O=C([C@@H](Cc1ccc(Cl)cc1)NC1CCC(Nc2ccc(N3CCOCC3)cc2)CC1)N1CCC(Cn2cncn2)(C2CCCCC2)CC1. The summed E-state index contributed by atoms with van der Waals surface area (Å²) in [7, 11) is 0. The Morgan fingerprint density at radius 2 is 1.57 bits per heavy atom. The highest BCUT2D eigenvalue weighted by atomic mass is 35.5. The van der Waals surface area contributed by atoms with E-state index in [4.69, 9.17) is 16.3 Å². The van der Waals surface area contributed by atoms with Gasteiger partial charge in [-0.2, -0.15) is 5.10 Å². The number of nitrogens with one attached hydrogen (secondary N) is 2. The molecule has 4 aliphatic rings. The number of hydrogen-bond acceptors (Lipinski definition) is 7. The Kier molecular flexibility index (Phi) is 11.4. The maximum absolute atomic E-state index is 14.4. The lowest BCUT2D eigenvalue weighted by atomic mass is 9.63. The molecule has 1 atom stereocenters. The van der Waals surface area contributed by atoms with Crippen LogP contribution in [0.25, 0.3) is 0 Å². The molecule has 2 N–H and O–H groups in total. The summed E-state index contributed by atoms with van der Waals surface area (Å²) in [5, 5.41) is 12.9. The van der Waals surface area contributed by atoms with Gasteiger partial charge in [0.2, 0.25) is 5.91 Å². The van der Waals surface area contributed by atoms with Crippen LogP contribution < -0.4 is 15.5 Å². The molecular formula is C39H54ClN7O2. The smallest absolute Gasteiger partial charge is 0.240 e. The van der Waals surface area contributed by atoms with E-state index in [1.165, 1.54) is 43.5 Å². The molecule has 4 fully saturated rings. The number of likely N-dealkylation sites (tertiary alicyclic amines) is 1. The zero-order chi connectivity index (χ0) is 33.5. The van der Waals surface area contributed by atoms with Crippen LogP contribution in [-0.2, 0) is 22.5 Å². The molecule has 0 radical (unpaired) electrons. The van der Waals surface area contributed by atoms with Crippen molar-refractivity contribution < 1.29 is 9.53 Å². The van der Waals surface area contributed by atoms with E-state index in [0.717, 1.165) is 95.0 Å². The van der Waals surface area contributed by atoms with Gasteiger partial charge in [-0.1, -0.05) is 43.0 Å². The minimum absolute atomic E-state index is 0.179. The average Bonchev–Trinajstić information content (AvgIpc) is 3.67. The number of carbonyl (C=O) groups excluding carboxylic acids is 1. The molecule has 0 spiro atoms. The maximum Gasteiger partial charge on any atom is 0.240 e. The summed E-state index contributed by atoms with van der Waals surface area (Å²) < 4.78 is 7.54. The van der Waals surface area contributed by atoms with Gasteiger partial charge in [-0.15, -0.1) is 0 Å². The summed E-state index contributed by atoms with van der Waals surface area (Å²) in [5.74, 6) is 0.936. The first-order chi connectivity index (χ1) is 24.0. The van der Waals surface area contributed by atoms with Crippen molar-refractivity contribution in [1.82, 2.24) is 25.0 Å². The number of rotatable bonds is 11. The molecular weight excluding hydrogens is 634 g/mol. The zero-order valence-electron chi connectivity index (χ0n) is 28.9. The number of ether oxygens (including phenoxy) is 1. The number of piperidine rings is 1. The van der Waals surface area contributed by atoms with Crippen molar-refractivity contribution in [3.8, 4) is 0 Å². The van der Waals surface area contributed by atoms with Crippen molar-refractivity contribution in [3.05, 3.63) is 71.8 Å². The third kappa shape index (κ3) is 8.78. The molecule has 3 aromatic rings. The number of morpholine rings is 1. The van der Waals surface area contributed by atoms with E-state index in [1.807, 2.05) is 23.1 Å². The third-order valence-electron chi connectivity index (χ3n) is 11.9. The molecule has 2 saturated heterocycles. The number of nitrogens with zero attached hydrogens (tertiary/aromatic N) is 5. The van der Waals surface area contributed by atoms with Crippen LogP contribution in [0.1, 0.15) is 76.2 Å². The summed E-state index contributed by atoms with van der Waals surface area (Å²) in [6.45, 7) is 6.03. The lowest BCUT2D eigenvalue weighted by Crippen LogP contribution is -2.55. The molecule has 2 aliphatic heterocycles. The van der Waals surface area contributed by atoms with Gasteiger partial charge in [0.15, 0.2) is 0 Å². The molecule has 0 bridgehead atoms. The number of carbonyl (C=O) groups is 1. The largest absolute Gasteiger partial charge is 0.382 e. The van der Waals surface area contributed by atoms with Gasteiger partial charge in [-0.05, 0) is 111 Å². The molecule has 7 rings (SSSR count). The van der Waals surface area contributed by atoms with E-state index in [0.29, 0.717) is 24.4 Å². The molecule has 264 valence electrons. The first-order valence-electron chi connectivity index (χ1n) is 18.8. The second-order valence-corrected chi connectivity index (χ2v) is 15.4. The zero-order valence-corrected chi connectivity index (χ0v) is 29.7. The lowest BCUT2D eigenvalue weighted by Gasteiger charge is -2.48. The molecule has 9 nitrogen and oxygen atoms in total. The first-order valence-corrected chi connectivity index (χ1v) is 19.2. The van der Waals surface area contributed by atoms with E-state index in [2.05, 4.69) is 66.9 Å². The van der Waals surface area contributed by atoms with Crippen molar-refractivity contribution in [2.45, 2.75) is 102 Å². The molecule has 0 unspecified atom stereocenters. The van der Waals surface area contributed by atoms with Crippen molar-refractivity contribution in [3.63, 3.8) is 0 Å². The third-order valence-corrected chi connectivity index (χ3v) is 12.2. The summed E-state index contributed by atoms with van der Waals surface area (Å²) in [6, 6.07) is 17.4. The average molecular weight is 688 g/mol. The quantitative estimate of drug-likeness (QED) is 0.236. The second kappa shape index (κ2) is 16.3. The van der Waals surface area contributed by atoms with Crippen molar-refractivity contribution in [1.29, 1.82) is 0 Å². The molecule has 2 aliphatic carbocycles. The Morgan fingerprint density at radius 3 is 2.24 bits per heavy atom. The summed E-state index contributed by atoms with van der Waals surface area (Å²) in [4.78, 5) is 23.2. The lowest BCUT2D eigenvalue weighted by molar-refractivity contribution is -0.137. The minimum Gasteiger partial charge on any atom is -0.382 e. The van der Waals surface area contributed by atoms with Crippen LogP contribution in [0.2, 0.25) is 5.02 Å². The van der Waals surface area contributed by atoms with Gasteiger partial charge in [0.05, 0.1) is 19.3 Å². The number of benzene rings is 2. The molecule has 2 saturated carbocycles. The number of hydrogen-bond donors (Lipinski definition) is 2. The van der Waals surface area contributed by atoms with Crippen molar-refractivity contribution >= 4 is 28.9 Å². The predicted molar refractivity (Wildman–Crippen MR) is 196 cm³/mol. The second-order valence-electron chi connectivity index (χ2n) is 15.0. The normalized spacial score (nSPS) is 24.0. The van der Waals surface area contributed by atoms with Crippen LogP contribution in [0.15, 0.2) is 61.2 Å². The van der Waals surface area contributed by atoms with Gasteiger partial charge < -0.3 is 25.2 Å². The Morgan fingerprint density at radius 1 is 0.878 bits per heavy atom. The molecule has 49 heavy (non-hydrogen) atoms. The monoisotopic (exact) mass is 687 g/mol. The Hall–Kier alpha value is -3.14. The van der Waals surface area contributed by atoms with Crippen molar-refractivity contribution in [2.75, 3.05) is 49.6 Å². The number of amides is 1. The summed E-state index contributed by atoms with van der Waals surface area (Å²) in [6.07, 6.45) is 17.1. The predicted octanol–water partition coefficient (Wildman–Crippen LogP) is 6.58. The van der Waals surface area contributed by atoms with Crippen LogP contribution in [0.5, 0.6) is 0 Å². The van der Waals surface area contributed by atoms with Gasteiger partial charge in [-0.3, -0.25) is 9.48 Å². The van der Waals surface area contributed by atoms with E-state index >= 15 is 0 Å².